The van der Waals surface area contributed by atoms with Crippen molar-refractivity contribution in [2.75, 3.05) is 19.1 Å². The number of carbonyl (C=O) groups excluding carboxylic acids is 1. The number of aldehydes is 1. The molecule has 0 saturated heterocycles. The van der Waals surface area contributed by atoms with Gasteiger partial charge < -0.3 is 10.0 Å². The highest BCUT2D eigenvalue weighted by atomic mass is 16.2. The lowest BCUT2D eigenvalue weighted by atomic mass is 10.1. The van der Waals surface area contributed by atoms with Gasteiger partial charge in [0.1, 0.15) is 12.1 Å². The molecule has 3 aromatic rings. The first-order chi connectivity index (χ1) is 12.2. The van der Waals surface area contributed by atoms with Crippen molar-refractivity contribution in [3.8, 4) is 0 Å². The summed E-state index contributed by atoms with van der Waals surface area (Å²) in [4.78, 5) is 17.6. The van der Waals surface area contributed by atoms with Gasteiger partial charge in [0.05, 0.1) is 11.2 Å². The van der Waals surface area contributed by atoms with Gasteiger partial charge in [0.2, 0.25) is 0 Å². The Hall–Kier alpha value is -3.32. The molecule has 0 bridgehead atoms. The fourth-order valence-electron chi connectivity index (χ4n) is 2.53. The molecule has 25 heavy (non-hydrogen) atoms. The number of hydrogen-bond donors (Lipinski definition) is 1. The summed E-state index contributed by atoms with van der Waals surface area (Å²) in [5.41, 5.74) is 1.99. The quantitative estimate of drug-likeness (QED) is 0.436. The molecular formula is C18H19N5O2. The number of allylic oxidation sites excluding steroid dienone is 3. The molecule has 0 aliphatic rings. The van der Waals surface area contributed by atoms with Crippen molar-refractivity contribution in [1.82, 2.24) is 19.6 Å². The van der Waals surface area contributed by atoms with Crippen molar-refractivity contribution in [2.45, 2.75) is 0 Å². The average Bonchev–Trinajstić information content (AvgIpc) is 3.15. The Kier molecular flexibility index (Phi) is 5.75. The molecule has 1 N–H and O–H groups in total. The van der Waals surface area contributed by atoms with Gasteiger partial charge in [-0.25, -0.2) is 0 Å². The van der Waals surface area contributed by atoms with E-state index in [1.165, 1.54) is 6.08 Å². The maximum Gasteiger partial charge on any atom is 0.257 e. The molecule has 2 heterocycles. The number of para-hydroxylation sites is 1. The molecule has 128 valence electrons. The molecule has 0 saturated carbocycles. The van der Waals surface area contributed by atoms with Crippen LogP contribution >= 0.6 is 0 Å². The van der Waals surface area contributed by atoms with Crippen molar-refractivity contribution >= 4 is 28.8 Å². The Bertz CT molecular complexity index is 948. The van der Waals surface area contributed by atoms with Crippen LogP contribution in [0.5, 0.6) is 0 Å². The van der Waals surface area contributed by atoms with Gasteiger partial charge in [-0.1, -0.05) is 31.4 Å². The zero-order valence-electron chi connectivity index (χ0n) is 14.1. The first kappa shape index (κ1) is 18.0. The second kappa shape index (κ2) is 7.98. The first-order valence-corrected chi connectivity index (χ1v) is 7.42. The molecule has 0 aliphatic carbocycles. The Balaban J connectivity index is 0.00000109. The SMILES string of the molecule is C=C/C(C=O)=C(\C=C)N(C)c1nc2nncn2c2ccccc12.CO. The number of fused-ring (bicyclic) bond motifs is 3. The number of anilines is 1. The van der Waals surface area contributed by atoms with Gasteiger partial charge in [0.25, 0.3) is 5.78 Å². The zero-order chi connectivity index (χ0) is 18.4. The number of carbonyl (C=O) groups is 1. The van der Waals surface area contributed by atoms with Gasteiger partial charge >= 0.3 is 0 Å². The van der Waals surface area contributed by atoms with E-state index in [4.69, 9.17) is 5.11 Å². The van der Waals surface area contributed by atoms with E-state index in [1.807, 2.05) is 35.7 Å². The van der Waals surface area contributed by atoms with Crippen LogP contribution in [0.2, 0.25) is 0 Å². The molecule has 0 radical (unpaired) electrons. The minimum absolute atomic E-state index is 0.440. The van der Waals surface area contributed by atoms with Gasteiger partial charge in [0, 0.05) is 25.1 Å². The van der Waals surface area contributed by atoms with E-state index in [9.17, 15) is 4.79 Å². The van der Waals surface area contributed by atoms with Crippen LogP contribution in [-0.4, -0.2) is 45.1 Å². The maximum absolute atomic E-state index is 11.3. The number of likely N-dealkylation sites (N-methyl/N-ethyl adjacent to an activating group) is 1. The topological polar surface area (TPSA) is 83.6 Å². The van der Waals surface area contributed by atoms with Crippen molar-refractivity contribution in [3.05, 3.63) is 67.2 Å². The third-order valence-corrected chi connectivity index (χ3v) is 3.66. The molecular weight excluding hydrogens is 318 g/mol. The lowest BCUT2D eigenvalue weighted by Crippen LogP contribution is -2.19. The van der Waals surface area contributed by atoms with Crippen molar-refractivity contribution < 1.29 is 9.90 Å². The third-order valence-electron chi connectivity index (χ3n) is 3.66. The molecule has 7 nitrogen and oxygen atoms in total. The highest BCUT2D eigenvalue weighted by Gasteiger charge is 2.16. The van der Waals surface area contributed by atoms with E-state index in [0.717, 1.165) is 24.3 Å². The normalized spacial score (nSPS) is 11.3. The van der Waals surface area contributed by atoms with E-state index in [2.05, 4.69) is 28.3 Å². The number of aromatic nitrogens is 4. The summed E-state index contributed by atoms with van der Waals surface area (Å²) in [6.45, 7) is 7.46. The number of rotatable bonds is 5. The first-order valence-electron chi connectivity index (χ1n) is 7.42. The molecule has 0 atom stereocenters. The standard InChI is InChI=1S/C17H15N5O.CH4O/c1-4-12(10-23)14(5-2)21(3)16-13-8-6-7-9-15(13)22-11-18-20-17(22)19-16;1-2/h4-11H,1-2H2,3H3;2H,1H3/b14-12-;. The molecule has 0 aliphatic heterocycles. The predicted octanol–water partition coefficient (Wildman–Crippen LogP) is 2.15. The van der Waals surface area contributed by atoms with Crippen molar-refractivity contribution in [2.24, 2.45) is 0 Å². The molecule has 0 amide bonds. The van der Waals surface area contributed by atoms with Gasteiger partial charge in [-0.15, -0.1) is 10.2 Å². The average molecular weight is 337 g/mol. The summed E-state index contributed by atoms with van der Waals surface area (Å²) in [5.74, 6) is 1.15. The second-order valence-corrected chi connectivity index (χ2v) is 4.88. The Morgan fingerprint density at radius 3 is 2.60 bits per heavy atom. The molecule has 0 fully saturated rings. The van der Waals surface area contributed by atoms with Crippen LogP contribution in [0.1, 0.15) is 0 Å². The smallest absolute Gasteiger partial charge is 0.257 e. The number of aliphatic hydroxyl groups excluding tert-OH is 1. The molecule has 1 aromatic carbocycles. The van der Waals surface area contributed by atoms with Gasteiger partial charge in [-0.05, 0) is 18.2 Å². The lowest BCUT2D eigenvalue weighted by Gasteiger charge is -2.22. The van der Waals surface area contributed by atoms with Crippen molar-refractivity contribution in [3.63, 3.8) is 0 Å². The summed E-state index contributed by atoms with van der Waals surface area (Å²) in [7, 11) is 2.83. The Morgan fingerprint density at radius 1 is 1.24 bits per heavy atom. The minimum Gasteiger partial charge on any atom is -0.400 e. The number of hydrogen-bond acceptors (Lipinski definition) is 6. The van der Waals surface area contributed by atoms with E-state index >= 15 is 0 Å². The van der Waals surface area contributed by atoms with Crippen LogP contribution in [0.3, 0.4) is 0 Å². The van der Waals surface area contributed by atoms with Crippen LogP contribution in [0, 0.1) is 0 Å². The van der Waals surface area contributed by atoms with Crippen LogP contribution in [0.25, 0.3) is 16.7 Å². The van der Waals surface area contributed by atoms with Gasteiger partial charge in [0.15, 0.2) is 6.29 Å². The number of benzene rings is 1. The highest BCUT2D eigenvalue weighted by Crippen LogP contribution is 2.28. The van der Waals surface area contributed by atoms with E-state index < -0.39 is 0 Å². The number of aliphatic hydroxyl groups is 1. The number of nitrogens with zero attached hydrogens (tertiary/aromatic N) is 5. The summed E-state index contributed by atoms with van der Waals surface area (Å²) in [5, 5.41) is 15.9. The monoisotopic (exact) mass is 337 g/mol. The molecule has 7 heteroatoms. The fraction of sp³-hybridized carbons (Fsp3) is 0.111. The van der Waals surface area contributed by atoms with Gasteiger partial charge in [-0.3, -0.25) is 9.20 Å². The van der Waals surface area contributed by atoms with E-state index in [-0.39, 0.29) is 0 Å². The molecule has 3 rings (SSSR count). The summed E-state index contributed by atoms with van der Waals surface area (Å²) in [6.07, 6.45) is 5.48. The van der Waals surface area contributed by atoms with Crippen LogP contribution < -0.4 is 4.90 Å². The minimum atomic E-state index is 0.440. The van der Waals surface area contributed by atoms with E-state index in [1.54, 1.807) is 17.3 Å². The largest absolute Gasteiger partial charge is 0.400 e. The summed E-state index contributed by atoms with van der Waals surface area (Å²) >= 11 is 0. The second-order valence-electron chi connectivity index (χ2n) is 4.88. The third kappa shape index (κ3) is 3.17. The molecule has 0 unspecified atom stereocenters. The Morgan fingerprint density at radius 2 is 1.96 bits per heavy atom. The summed E-state index contributed by atoms with van der Waals surface area (Å²) in [6, 6.07) is 7.80. The fourth-order valence-corrected chi connectivity index (χ4v) is 2.53. The predicted molar refractivity (Wildman–Crippen MR) is 98.3 cm³/mol. The lowest BCUT2D eigenvalue weighted by molar-refractivity contribution is -0.104. The Labute approximate surface area is 145 Å². The maximum atomic E-state index is 11.3. The molecule has 2 aromatic heterocycles. The zero-order valence-corrected chi connectivity index (χ0v) is 14.1. The van der Waals surface area contributed by atoms with Crippen LogP contribution in [-0.2, 0) is 4.79 Å². The molecule has 0 spiro atoms. The summed E-state index contributed by atoms with van der Waals surface area (Å²) < 4.78 is 1.82. The van der Waals surface area contributed by atoms with Crippen LogP contribution in [0.15, 0.2) is 67.2 Å². The van der Waals surface area contributed by atoms with Crippen molar-refractivity contribution in [1.29, 1.82) is 0 Å². The van der Waals surface area contributed by atoms with Gasteiger partial charge in [-0.2, -0.15) is 4.98 Å². The van der Waals surface area contributed by atoms with E-state index in [0.29, 0.717) is 22.9 Å². The van der Waals surface area contributed by atoms with Crippen LogP contribution in [0.4, 0.5) is 5.82 Å². The highest BCUT2D eigenvalue weighted by molar-refractivity contribution is 5.93.